The molecule has 27 heavy (non-hydrogen) atoms. The summed E-state index contributed by atoms with van der Waals surface area (Å²) >= 11 is 3.34. The summed E-state index contributed by atoms with van der Waals surface area (Å²) in [6, 6.07) is 9.03. The molecule has 1 saturated carbocycles. The van der Waals surface area contributed by atoms with Crippen molar-refractivity contribution in [1.82, 2.24) is 14.5 Å². The molecule has 0 bridgehead atoms. The first-order valence-corrected chi connectivity index (χ1v) is 11.1. The van der Waals surface area contributed by atoms with Crippen LogP contribution in [0.3, 0.4) is 0 Å². The molecule has 0 unspecified atom stereocenters. The van der Waals surface area contributed by atoms with Crippen LogP contribution in [0.1, 0.15) is 24.5 Å². The van der Waals surface area contributed by atoms with Crippen molar-refractivity contribution in [1.29, 1.82) is 0 Å². The average molecular weight is 453 g/mol. The molecule has 1 aliphatic heterocycles. The molecule has 144 valence electrons. The van der Waals surface area contributed by atoms with E-state index in [1.165, 1.54) is 24.3 Å². The minimum Gasteiger partial charge on any atom is -0.495 e. The molecule has 0 amide bonds. The van der Waals surface area contributed by atoms with Crippen LogP contribution in [0, 0.1) is 0 Å². The number of halogens is 1. The van der Waals surface area contributed by atoms with Crippen molar-refractivity contribution in [3.8, 4) is 5.75 Å². The summed E-state index contributed by atoms with van der Waals surface area (Å²) in [5.41, 5.74) is 1.06. The number of hydrogen-bond donors (Lipinski definition) is 0. The monoisotopic (exact) mass is 452 g/mol. The van der Waals surface area contributed by atoms with E-state index >= 15 is 0 Å². The minimum atomic E-state index is -3.63. The first-order chi connectivity index (χ1) is 13.0. The Kier molecular flexibility index (Phi) is 5.09. The molecule has 1 aromatic carbocycles. The highest BCUT2D eigenvalue weighted by Crippen LogP contribution is 2.38. The standard InChI is InChI=1S/C18H21BrN4O3S/c1-26-16-6-4-14(19)12-17(16)27(24,25)23-10-8-22(9-11-23)18-7-5-15(20-21-18)13-2-3-13/h4-7,12-13H,2-3,8-11H2,1H3. The number of aromatic nitrogens is 2. The Morgan fingerprint density at radius 3 is 2.41 bits per heavy atom. The Morgan fingerprint density at radius 2 is 1.81 bits per heavy atom. The lowest BCUT2D eigenvalue weighted by Gasteiger charge is -2.34. The molecule has 0 N–H and O–H groups in total. The van der Waals surface area contributed by atoms with Crippen molar-refractivity contribution >= 4 is 31.8 Å². The summed E-state index contributed by atoms with van der Waals surface area (Å²) in [5, 5.41) is 8.65. The van der Waals surface area contributed by atoms with Gasteiger partial charge in [-0.2, -0.15) is 9.40 Å². The van der Waals surface area contributed by atoms with Crippen LogP contribution in [0.2, 0.25) is 0 Å². The Bertz CT molecular complexity index is 924. The van der Waals surface area contributed by atoms with Crippen molar-refractivity contribution in [2.75, 3.05) is 38.2 Å². The summed E-state index contributed by atoms with van der Waals surface area (Å²) in [4.78, 5) is 2.26. The van der Waals surface area contributed by atoms with E-state index in [9.17, 15) is 8.42 Å². The molecule has 2 aromatic rings. The molecule has 0 radical (unpaired) electrons. The van der Waals surface area contributed by atoms with Gasteiger partial charge in [-0.1, -0.05) is 15.9 Å². The predicted octanol–water partition coefficient (Wildman–Crippen LogP) is 2.64. The van der Waals surface area contributed by atoms with Crippen molar-refractivity contribution in [3.63, 3.8) is 0 Å². The van der Waals surface area contributed by atoms with Gasteiger partial charge in [0.05, 0.1) is 12.8 Å². The molecule has 1 aliphatic carbocycles. The third-order valence-electron chi connectivity index (χ3n) is 4.97. The number of benzene rings is 1. The molecule has 2 aliphatic rings. The Morgan fingerprint density at radius 1 is 1.07 bits per heavy atom. The highest BCUT2D eigenvalue weighted by molar-refractivity contribution is 9.10. The van der Waals surface area contributed by atoms with E-state index in [1.54, 1.807) is 18.2 Å². The van der Waals surface area contributed by atoms with Gasteiger partial charge in [-0.15, -0.1) is 5.10 Å². The van der Waals surface area contributed by atoms with Gasteiger partial charge in [-0.25, -0.2) is 8.42 Å². The van der Waals surface area contributed by atoms with Crippen molar-refractivity contribution < 1.29 is 13.2 Å². The number of nitrogens with zero attached hydrogens (tertiary/aromatic N) is 4. The van der Waals surface area contributed by atoms with Crippen LogP contribution in [-0.2, 0) is 10.0 Å². The number of methoxy groups -OCH3 is 1. The quantitative estimate of drug-likeness (QED) is 0.693. The van der Waals surface area contributed by atoms with E-state index in [4.69, 9.17) is 4.74 Å². The molecule has 2 heterocycles. The molecule has 0 spiro atoms. The van der Waals surface area contributed by atoms with E-state index in [-0.39, 0.29) is 4.90 Å². The van der Waals surface area contributed by atoms with Gasteiger partial charge >= 0.3 is 0 Å². The zero-order valence-electron chi connectivity index (χ0n) is 15.0. The molecule has 4 rings (SSSR count). The molecular weight excluding hydrogens is 432 g/mol. The van der Waals surface area contributed by atoms with Crippen molar-refractivity contribution in [2.45, 2.75) is 23.7 Å². The molecule has 1 aromatic heterocycles. The zero-order valence-corrected chi connectivity index (χ0v) is 17.4. The lowest BCUT2D eigenvalue weighted by Crippen LogP contribution is -2.49. The fourth-order valence-corrected chi connectivity index (χ4v) is 5.37. The van der Waals surface area contributed by atoms with Crippen LogP contribution < -0.4 is 9.64 Å². The second-order valence-electron chi connectivity index (χ2n) is 6.78. The largest absolute Gasteiger partial charge is 0.495 e. The second-order valence-corrected chi connectivity index (χ2v) is 9.60. The third kappa shape index (κ3) is 3.81. The van der Waals surface area contributed by atoms with Crippen LogP contribution in [0.15, 0.2) is 39.7 Å². The van der Waals surface area contributed by atoms with Crippen LogP contribution in [0.25, 0.3) is 0 Å². The molecule has 2 fully saturated rings. The van der Waals surface area contributed by atoms with Crippen molar-refractivity contribution in [3.05, 3.63) is 40.5 Å². The Hall–Kier alpha value is -1.71. The topological polar surface area (TPSA) is 75.6 Å². The molecule has 1 saturated heterocycles. The predicted molar refractivity (Wildman–Crippen MR) is 106 cm³/mol. The third-order valence-corrected chi connectivity index (χ3v) is 7.39. The fraction of sp³-hybridized carbons (Fsp3) is 0.444. The van der Waals surface area contributed by atoms with Crippen LogP contribution in [0.4, 0.5) is 5.82 Å². The van der Waals surface area contributed by atoms with E-state index in [2.05, 4.69) is 31.0 Å². The van der Waals surface area contributed by atoms with Crippen molar-refractivity contribution in [2.24, 2.45) is 0 Å². The number of rotatable bonds is 5. The first-order valence-electron chi connectivity index (χ1n) is 8.91. The fourth-order valence-electron chi connectivity index (χ4n) is 3.25. The van der Waals surface area contributed by atoms with Crippen LogP contribution >= 0.6 is 15.9 Å². The summed E-state index contributed by atoms with van der Waals surface area (Å²) in [6.45, 7) is 1.94. The van der Waals surface area contributed by atoms with Gasteiger partial charge in [0.25, 0.3) is 0 Å². The summed E-state index contributed by atoms with van der Waals surface area (Å²) in [6.07, 6.45) is 2.40. The van der Waals surface area contributed by atoms with E-state index in [0.29, 0.717) is 42.3 Å². The van der Waals surface area contributed by atoms with Crippen LogP contribution in [0.5, 0.6) is 5.75 Å². The summed E-state index contributed by atoms with van der Waals surface area (Å²) in [5.74, 6) is 1.73. The SMILES string of the molecule is COc1ccc(Br)cc1S(=O)(=O)N1CCN(c2ccc(C3CC3)nn2)CC1. The smallest absolute Gasteiger partial charge is 0.246 e. The maximum atomic E-state index is 13.1. The normalized spacial score (nSPS) is 18.5. The van der Waals surface area contributed by atoms with Gasteiger partial charge in [0.1, 0.15) is 10.6 Å². The van der Waals surface area contributed by atoms with Gasteiger partial charge in [0.15, 0.2) is 5.82 Å². The van der Waals surface area contributed by atoms with Gasteiger partial charge in [0, 0.05) is 36.6 Å². The lowest BCUT2D eigenvalue weighted by molar-refractivity contribution is 0.373. The number of anilines is 1. The summed E-state index contributed by atoms with van der Waals surface area (Å²) in [7, 11) is -2.15. The van der Waals surface area contributed by atoms with E-state index < -0.39 is 10.0 Å². The second kappa shape index (κ2) is 7.37. The zero-order chi connectivity index (χ0) is 19.0. The summed E-state index contributed by atoms with van der Waals surface area (Å²) < 4.78 is 33.6. The average Bonchev–Trinajstić information content (AvgIpc) is 3.53. The Balaban J connectivity index is 1.47. The Labute approximate surface area is 167 Å². The maximum absolute atomic E-state index is 13.1. The maximum Gasteiger partial charge on any atom is 0.246 e. The number of ether oxygens (including phenoxy) is 1. The highest BCUT2D eigenvalue weighted by atomic mass is 79.9. The molecule has 7 nitrogen and oxygen atoms in total. The van der Waals surface area contributed by atoms with E-state index in [0.717, 1.165) is 11.5 Å². The first kappa shape index (κ1) is 18.6. The van der Waals surface area contributed by atoms with Gasteiger partial charge in [-0.05, 0) is 43.2 Å². The minimum absolute atomic E-state index is 0.182. The van der Waals surface area contributed by atoms with E-state index in [1.807, 2.05) is 12.1 Å². The number of piperazine rings is 1. The number of sulfonamides is 1. The van der Waals surface area contributed by atoms with Crippen LogP contribution in [-0.4, -0.2) is 56.2 Å². The lowest BCUT2D eigenvalue weighted by atomic mass is 10.2. The molecule has 0 atom stereocenters. The molecular formula is C18H21BrN4O3S. The number of hydrogen-bond acceptors (Lipinski definition) is 6. The van der Waals surface area contributed by atoms with Gasteiger partial charge < -0.3 is 9.64 Å². The molecule has 9 heteroatoms. The van der Waals surface area contributed by atoms with Gasteiger partial charge in [-0.3, -0.25) is 0 Å². The highest BCUT2D eigenvalue weighted by Gasteiger charge is 2.32. The van der Waals surface area contributed by atoms with Gasteiger partial charge in [0.2, 0.25) is 10.0 Å².